The van der Waals surface area contributed by atoms with E-state index in [4.69, 9.17) is 25.5 Å². The molecule has 1 atom stereocenters. The van der Waals surface area contributed by atoms with Gasteiger partial charge in [-0.25, -0.2) is 0 Å². The number of furan rings is 1. The van der Waals surface area contributed by atoms with Crippen molar-refractivity contribution < 1.29 is 18.7 Å². The maximum atomic E-state index is 12.6. The first-order valence-electron chi connectivity index (χ1n) is 10.3. The number of carbonyl (C=O) groups excluding carboxylic acids is 1. The van der Waals surface area contributed by atoms with Crippen molar-refractivity contribution in [3.8, 4) is 11.5 Å². The van der Waals surface area contributed by atoms with Crippen LogP contribution in [0.3, 0.4) is 0 Å². The molecule has 3 heterocycles. The first-order chi connectivity index (χ1) is 14.2. The third kappa shape index (κ3) is 5.06. The van der Waals surface area contributed by atoms with Gasteiger partial charge in [0.2, 0.25) is 5.91 Å². The molecule has 6 nitrogen and oxygen atoms in total. The number of benzene rings is 1. The van der Waals surface area contributed by atoms with Gasteiger partial charge in [0.05, 0.1) is 37.0 Å². The van der Waals surface area contributed by atoms with Crippen LogP contribution in [0, 0.1) is 0 Å². The van der Waals surface area contributed by atoms with Crippen LogP contribution in [0.1, 0.15) is 43.0 Å². The fraction of sp³-hybridized carbons (Fsp3) is 0.500. The monoisotopic (exact) mass is 418 g/mol. The van der Waals surface area contributed by atoms with Gasteiger partial charge in [-0.2, -0.15) is 0 Å². The van der Waals surface area contributed by atoms with E-state index in [1.165, 1.54) is 19.3 Å². The number of fused-ring (bicyclic) bond motifs is 1. The molecule has 0 saturated carbocycles. The topological polar surface area (TPSA) is 63.9 Å². The lowest BCUT2D eigenvalue weighted by Gasteiger charge is -2.33. The van der Waals surface area contributed by atoms with Crippen LogP contribution in [-0.2, 0) is 11.2 Å². The number of nitrogens with zero attached hydrogens (tertiary/aromatic N) is 1. The van der Waals surface area contributed by atoms with Crippen molar-refractivity contribution in [1.29, 1.82) is 0 Å². The first-order valence-corrected chi connectivity index (χ1v) is 10.7. The number of piperidine rings is 1. The number of hydrogen-bond donors (Lipinski definition) is 1. The molecular weight excluding hydrogens is 392 g/mol. The standard InChI is InChI=1S/C22H27ClN2O4/c23-17-12-16(13-20-22(17)29-11-5-10-28-20)14-21(26)24-15-18(19-6-4-9-27-19)25-7-2-1-3-8-25/h4,6,9,12-13,18H,1-3,5,7-8,10-11,14-15H2,(H,24,26). The highest BCUT2D eigenvalue weighted by Gasteiger charge is 2.25. The Morgan fingerprint density at radius 1 is 1.14 bits per heavy atom. The van der Waals surface area contributed by atoms with E-state index in [9.17, 15) is 4.79 Å². The van der Waals surface area contributed by atoms with Crippen LogP contribution in [-0.4, -0.2) is 43.7 Å². The second kappa shape index (κ2) is 9.55. The van der Waals surface area contributed by atoms with Crippen LogP contribution in [0.2, 0.25) is 5.02 Å². The summed E-state index contributed by atoms with van der Waals surface area (Å²) in [6.45, 7) is 3.74. The summed E-state index contributed by atoms with van der Waals surface area (Å²) in [7, 11) is 0. The minimum Gasteiger partial charge on any atom is -0.489 e. The minimum absolute atomic E-state index is 0.0517. The summed E-state index contributed by atoms with van der Waals surface area (Å²) in [5.74, 6) is 2.02. The van der Waals surface area contributed by atoms with Gasteiger partial charge in [0, 0.05) is 13.0 Å². The van der Waals surface area contributed by atoms with Crippen LogP contribution in [0.25, 0.3) is 0 Å². The highest BCUT2D eigenvalue weighted by molar-refractivity contribution is 6.32. The third-order valence-electron chi connectivity index (χ3n) is 5.42. The van der Waals surface area contributed by atoms with Gasteiger partial charge in [0.1, 0.15) is 5.76 Å². The Balaban J connectivity index is 1.40. The smallest absolute Gasteiger partial charge is 0.224 e. The number of likely N-dealkylation sites (tertiary alicyclic amines) is 1. The average molecular weight is 419 g/mol. The van der Waals surface area contributed by atoms with Gasteiger partial charge in [0.25, 0.3) is 0 Å². The van der Waals surface area contributed by atoms with Crippen molar-refractivity contribution in [3.63, 3.8) is 0 Å². The number of amides is 1. The quantitative estimate of drug-likeness (QED) is 0.768. The van der Waals surface area contributed by atoms with E-state index in [1.54, 1.807) is 12.3 Å². The molecule has 0 aliphatic carbocycles. The molecule has 2 aromatic rings. The normalized spacial score (nSPS) is 18.1. The second-order valence-electron chi connectivity index (χ2n) is 7.56. The Labute approximate surface area is 176 Å². The van der Waals surface area contributed by atoms with Gasteiger partial charge in [-0.05, 0) is 55.8 Å². The molecule has 1 aromatic heterocycles. The van der Waals surface area contributed by atoms with Gasteiger partial charge in [0.15, 0.2) is 11.5 Å². The zero-order valence-corrected chi connectivity index (χ0v) is 17.2. The van der Waals surface area contributed by atoms with Crippen LogP contribution < -0.4 is 14.8 Å². The minimum atomic E-state index is -0.0517. The lowest BCUT2D eigenvalue weighted by Crippen LogP contribution is -2.40. The Kier molecular flexibility index (Phi) is 6.62. The molecule has 1 amide bonds. The third-order valence-corrected chi connectivity index (χ3v) is 5.70. The molecular formula is C22H27ClN2O4. The predicted molar refractivity (Wildman–Crippen MR) is 111 cm³/mol. The lowest BCUT2D eigenvalue weighted by atomic mass is 10.1. The highest BCUT2D eigenvalue weighted by Crippen LogP contribution is 2.38. The fourth-order valence-electron chi connectivity index (χ4n) is 3.97. The zero-order chi connectivity index (χ0) is 20.1. The lowest BCUT2D eigenvalue weighted by molar-refractivity contribution is -0.120. The van der Waals surface area contributed by atoms with Crippen LogP contribution in [0.15, 0.2) is 34.9 Å². The molecule has 1 unspecified atom stereocenters. The summed E-state index contributed by atoms with van der Waals surface area (Å²) in [6, 6.07) is 7.56. The van der Waals surface area contributed by atoms with E-state index in [0.717, 1.165) is 30.8 Å². The molecule has 7 heteroatoms. The Morgan fingerprint density at radius 3 is 2.76 bits per heavy atom. The first kappa shape index (κ1) is 20.1. The van der Waals surface area contributed by atoms with Crippen molar-refractivity contribution >= 4 is 17.5 Å². The van der Waals surface area contributed by atoms with Gasteiger partial charge in [-0.15, -0.1) is 0 Å². The van der Waals surface area contributed by atoms with E-state index in [0.29, 0.717) is 36.3 Å². The molecule has 1 aromatic carbocycles. The van der Waals surface area contributed by atoms with Crippen molar-refractivity contribution in [3.05, 3.63) is 46.9 Å². The van der Waals surface area contributed by atoms with E-state index in [1.807, 2.05) is 18.2 Å². The van der Waals surface area contributed by atoms with Crippen LogP contribution in [0.4, 0.5) is 0 Å². The molecule has 0 radical (unpaired) electrons. The summed E-state index contributed by atoms with van der Waals surface area (Å²) in [4.78, 5) is 15.0. The number of rotatable bonds is 6. The summed E-state index contributed by atoms with van der Waals surface area (Å²) in [5.41, 5.74) is 0.810. The van der Waals surface area contributed by atoms with Crippen molar-refractivity contribution in [2.45, 2.75) is 38.1 Å². The molecule has 1 fully saturated rings. The Morgan fingerprint density at radius 2 is 1.97 bits per heavy atom. The Hall–Kier alpha value is -2.18. The number of hydrogen-bond acceptors (Lipinski definition) is 5. The molecule has 1 N–H and O–H groups in total. The SMILES string of the molecule is O=C(Cc1cc(Cl)c2c(c1)OCCCO2)NCC(c1ccco1)N1CCCCC1. The molecule has 4 rings (SSSR count). The van der Waals surface area contributed by atoms with Crippen LogP contribution in [0.5, 0.6) is 11.5 Å². The molecule has 2 aliphatic rings. The zero-order valence-electron chi connectivity index (χ0n) is 16.5. The van der Waals surface area contributed by atoms with Gasteiger partial charge < -0.3 is 19.2 Å². The molecule has 0 spiro atoms. The summed E-state index contributed by atoms with van der Waals surface area (Å²) in [5, 5.41) is 3.55. The maximum Gasteiger partial charge on any atom is 0.224 e. The summed E-state index contributed by atoms with van der Waals surface area (Å²) < 4.78 is 17.0. The second-order valence-corrected chi connectivity index (χ2v) is 7.97. The van der Waals surface area contributed by atoms with E-state index >= 15 is 0 Å². The molecule has 1 saturated heterocycles. The number of ether oxygens (including phenoxy) is 2. The number of carbonyl (C=O) groups is 1. The fourth-order valence-corrected chi connectivity index (χ4v) is 4.25. The largest absolute Gasteiger partial charge is 0.489 e. The molecule has 156 valence electrons. The van der Waals surface area contributed by atoms with Crippen molar-refractivity contribution in [1.82, 2.24) is 10.2 Å². The molecule has 2 aliphatic heterocycles. The molecule has 29 heavy (non-hydrogen) atoms. The summed E-state index contributed by atoms with van der Waals surface area (Å²) in [6.07, 6.45) is 6.36. The predicted octanol–water partition coefficient (Wildman–Crippen LogP) is 3.98. The highest BCUT2D eigenvalue weighted by atomic mass is 35.5. The number of halogens is 1. The van der Waals surface area contributed by atoms with E-state index in [2.05, 4.69) is 10.2 Å². The van der Waals surface area contributed by atoms with Crippen molar-refractivity contribution in [2.24, 2.45) is 0 Å². The van der Waals surface area contributed by atoms with Gasteiger partial charge in [-0.3, -0.25) is 9.69 Å². The Bertz CT molecular complexity index is 818. The van der Waals surface area contributed by atoms with Crippen molar-refractivity contribution in [2.75, 3.05) is 32.8 Å². The van der Waals surface area contributed by atoms with E-state index in [-0.39, 0.29) is 18.4 Å². The molecule has 0 bridgehead atoms. The van der Waals surface area contributed by atoms with Crippen LogP contribution >= 0.6 is 11.6 Å². The summed E-state index contributed by atoms with van der Waals surface area (Å²) >= 11 is 6.34. The number of nitrogens with one attached hydrogen (secondary N) is 1. The maximum absolute atomic E-state index is 12.6. The van der Waals surface area contributed by atoms with Gasteiger partial charge >= 0.3 is 0 Å². The van der Waals surface area contributed by atoms with E-state index < -0.39 is 0 Å². The van der Waals surface area contributed by atoms with Gasteiger partial charge in [-0.1, -0.05) is 18.0 Å². The average Bonchev–Trinajstić information content (AvgIpc) is 3.14.